The van der Waals surface area contributed by atoms with Crippen molar-refractivity contribution in [3.05, 3.63) is 64.6 Å². The number of hydrogen-bond acceptors (Lipinski definition) is 2. The molecule has 4 heteroatoms. The lowest BCUT2D eigenvalue weighted by atomic mass is 10.1. The smallest absolute Gasteiger partial charge is 0.0929 e. The Morgan fingerprint density at radius 1 is 1.00 bits per heavy atom. The fourth-order valence-corrected chi connectivity index (χ4v) is 2.58. The van der Waals surface area contributed by atoms with Crippen molar-refractivity contribution in [3.63, 3.8) is 0 Å². The highest BCUT2D eigenvalue weighted by Crippen LogP contribution is 2.26. The Bertz CT molecular complexity index is 743. The van der Waals surface area contributed by atoms with E-state index in [0.29, 0.717) is 6.54 Å². The highest BCUT2D eigenvalue weighted by atomic mass is 79.9. The van der Waals surface area contributed by atoms with E-state index in [9.17, 15) is 0 Å². The molecule has 0 fully saturated rings. The average molecular weight is 342 g/mol. The van der Waals surface area contributed by atoms with Crippen LogP contribution in [0.15, 0.2) is 59.1 Å². The first-order valence-electron chi connectivity index (χ1n) is 6.77. The number of nitrogens with zero attached hydrogens (tertiary/aromatic N) is 2. The van der Waals surface area contributed by atoms with Crippen molar-refractivity contribution in [1.82, 2.24) is 9.78 Å². The molecule has 2 aromatic carbocycles. The number of benzene rings is 2. The normalized spacial score (nSPS) is 10.8. The molecule has 1 aromatic heterocycles. The van der Waals surface area contributed by atoms with Crippen LogP contribution in [0.4, 0.5) is 0 Å². The molecule has 0 spiro atoms. The molecule has 1 heterocycles. The molecule has 3 aromatic rings. The van der Waals surface area contributed by atoms with E-state index < -0.39 is 0 Å². The summed E-state index contributed by atoms with van der Waals surface area (Å²) >= 11 is 3.46. The van der Waals surface area contributed by atoms with Gasteiger partial charge in [0.1, 0.15) is 0 Å². The molecule has 106 valence electrons. The minimum Gasteiger partial charge on any atom is -0.326 e. The molecule has 0 aliphatic carbocycles. The van der Waals surface area contributed by atoms with Gasteiger partial charge in [0.2, 0.25) is 0 Å². The Labute approximate surface area is 132 Å². The molecule has 3 nitrogen and oxygen atoms in total. The third-order valence-electron chi connectivity index (χ3n) is 3.51. The van der Waals surface area contributed by atoms with Crippen LogP contribution >= 0.6 is 15.9 Å². The number of rotatable bonds is 3. The SMILES string of the molecule is Cn1nc(-c2ccc(CN)cc2)cc1-c1ccc(Br)cc1. The summed E-state index contributed by atoms with van der Waals surface area (Å²) in [4.78, 5) is 0. The van der Waals surface area contributed by atoms with E-state index >= 15 is 0 Å². The maximum absolute atomic E-state index is 5.63. The van der Waals surface area contributed by atoms with Gasteiger partial charge in [0.15, 0.2) is 0 Å². The van der Waals surface area contributed by atoms with Crippen molar-refractivity contribution in [2.75, 3.05) is 0 Å². The maximum Gasteiger partial charge on any atom is 0.0929 e. The first-order valence-corrected chi connectivity index (χ1v) is 7.56. The van der Waals surface area contributed by atoms with Crippen molar-refractivity contribution in [2.24, 2.45) is 12.8 Å². The van der Waals surface area contributed by atoms with Gasteiger partial charge in [-0.05, 0) is 29.3 Å². The van der Waals surface area contributed by atoms with Crippen LogP contribution in [0.3, 0.4) is 0 Å². The van der Waals surface area contributed by atoms with E-state index in [0.717, 1.165) is 32.6 Å². The van der Waals surface area contributed by atoms with Gasteiger partial charge in [-0.15, -0.1) is 0 Å². The average Bonchev–Trinajstić information content (AvgIpc) is 2.90. The molecular formula is C17H16BrN3. The van der Waals surface area contributed by atoms with Crippen LogP contribution in [-0.2, 0) is 13.6 Å². The van der Waals surface area contributed by atoms with Gasteiger partial charge >= 0.3 is 0 Å². The fourth-order valence-electron chi connectivity index (χ4n) is 2.31. The number of halogens is 1. The van der Waals surface area contributed by atoms with Gasteiger partial charge in [0.25, 0.3) is 0 Å². The van der Waals surface area contributed by atoms with Crippen LogP contribution < -0.4 is 5.73 Å². The van der Waals surface area contributed by atoms with Crippen molar-refractivity contribution in [2.45, 2.75) is 6.54 Å². The van der Waals surface area contributed by atoms with Crippen molar-refractivity contribution < 1.29 is 0 Å². The van der Waals surface area contributed by atoms with E-state index in [-0.39, 0.29) is 0 Å². The first-order chi connectivity index (χ1) is 10.2. The van der Waals surface area contributed by atoms with E-state index in [1.807, 2.05) is 36.0 Å². The molecule has 0 aliphatic rings. The lowest BCUT2D eigenvalue weighted by Gasteiger charge is -2.01. The van der Waals surface area contributed by atoms with E-state index in [4.69, 9.17) is 5.73 Å². The molecule has 0 radical (unpaired) electrons. The highest BCUT2D eigenvalue weighted by molar-refractivity contribution is 9.10. The van der Waals surface area contributed by atoms with E-state index in [1.54, 1.807) is 0 Å². The zero-order chi connectivity index (χ0) is 14.8. The summed E-state index contributed by atoms with van der Waals surface area (Å²) in [5.74, 6) is 0. The minimum atomic E-state index is 0.562. The fraction of sp³-hybridized carbons (Fsp3) is 0.118. The summed E-state index contributed by atoms with van der Waals surface area (Å²) in [5.41, 5.74) is 11.1. The Kier molecular flexibility index (Phi) is 3.90. The molecule has 0 amide bonds. The second-order valence-electron chi connectivity index (χ2n) is 4.95. The Balaban J connectivity index is 1.98. The highest BCUT2D eigenvalue weighted by Gasteiger charge is 2.09. The van der Waals surface area contributed by atoms with Crippen LogP contribution in [-0.4, -0.2) is 9.78 Å². The van der Waals surface area contributed by atoms with Gasteiger partial charge in [-0.1, -0.05) is 52.3 Å². The molecule has 0 bridgehead atoms. The summed E-state index contributed by atoms with van der Waals surface area (Å²) in [5, 5.41) is 4.61. The molecule has 21 heavy (non-hydrogen) atoms. The second kappa shape index (κ2) is 5.84. The Morgan fingerprint density at radius 3 is 2.24 bits per heavy atom. The predicted octanol–water partition coefficient (Wildman–Crippen LogP) is 3.98. The summed E-state index contributed by atoms with van der Waals surface area (Å²) in [6.45, 7) is 0.562. The second-order valence-corrected chi connectivity index (χ2v) is 5.86. The number of aryl methyl sites for hydroxylation is 1. The van der Waals surface area contributed by atoms with E-state index in [1.165, 1.54) is 0 Å². The van der Waals surface area contributed by atoms with Gasteiger partial charge in [-0.3, -0.25) is 4.68 Å². The Morgan fingerprint density at radius 2 is 1.62 bits per heavy atom. The van der Waals surface area contributed by atoms with Gasteiger partial charge in [-0.25, -0.2) is 0 Å². The molecule has 2 N–H and O–H groups in total. The Hall–Kier alpha value is -1.91. The zero-order valence-electron chi connectivity index (χ0n) is 11.8. The summed E-state index contributed by atoms with van der Waals surface area (Å²) in [7, 11) is 1.97. The standard InChI is InChI=1S/C17H16BrN3/c1-21-17(14-6-8-15(18)9-7-14)10-16(20-21)13-4-2-12(11-19)3-5-13/h2-10H,11,19H2,1H3. The topological polar surface area (TPSA) is 43.8 Å². The largest absolute Gasteiger partial charge is 0.326 e. The van der Waals surface area contributed by atoms with Crippen LogP contribution in [0, 0.1) is 0 Å². The lowest BCUT2D eigenvalue weighted by Crippen LogP contribution is -1.95. The van der Waals surface area contributed by atoms with Crippen LogP contribution in [0.25, 0.3) is 22.5 Å². The quantitative estimate of drug-likeness (QED) is 0.783. The van der Waals surface area contributed by atoms with Gasteiger partial charge in [0, 0.05) is 23.6 Å². The molecule has 0 unspecified atom stereocenters. The summed E-state index contributed by atoms with van der Waals surface area (Å²) < 4.78 is 2.99. The first kappa shape index (κ1) is 14.0. The minimum absolute atomic E-state index is 0.562. The van der Waals surface area contributed by atoms with Crippen molar-refractivity contribution in [3.8, 4) is 22.5 Å². The van der Waals surface area contributed by atoms with Crippen molar-refractivity contribution >= 4 is 15.9 Å². The third-order valence-corrected chi connectivity index (χ3v) is 4.03. The molecular weight excluding hydrogens is 326 g/mol. The number of hydrogen-bond donors (Lipinski definition) is 1. The lowest BCUT2D eigenvalue weighted by molar-refractivity contribution is 0.779. The molecule has 3 rings (SSSR count). The molecule has 0 saturated heterocycles. The molecule has 0 aliphatic heterocycles. The maximum atomic E-state index is 5.63. The molecule has 0 atom stereocenters. The number of aromatic nitrogens is 2. The van der Waals surface area contributed by atoms with Gasteiger partial charge in [0.05, 0.1) is 11.4 Å². The predicted molar refractivity (Wildman–Crippen MR) is 89.7 cm³/mol. The van der Waals surface area contributed by atoms with E-state index in [2.05, 4.69) is 51.4 Å². The van der Waals surface area contributed by atoms with Crippen molar-refractivity contribution in [1.29, 1.82) is 0 Å². The molecule has 0 saturated carbocycles. The van der Waals surface area contributed by atoms with Crippen LogP contribution in [0.1, 0.15) is 5.56 Å². The monoisotopic (exact) mass is 341 g/mol. The zero-order valence-corrected chi connectivity index (χ0v) is 13.3. The van der Waals surface area contributed by atoms with Gasteiger partial charge < -0.3 is 5.73 Å². The number of nitrogens with two attached hydrogens (primary N) is 1. The summed E-state index contributed by atoms with van der Waals surface area (Å²) in [6, 6.07) is 18.6. The third kappa shape index (κ3) is 2.91. The van der Waals surface area contributed by atoms with Crippen LogP contribution in [0.2, 0.25) is 0 Å². The van der Waals surface area contributed by atoms with Gasteiger partial charge in [-0.2, -0.15) is 5.10 Å². The summed E-state index contributed by atoms with van der Waals surface area (Å²) in [6.07, 6.45) is 0. The van der Waals surface area contributed by atoms with Crippen LogP contribution in [0.5, 0.6) is 0 Å².